The Kier molecular flexibility index (Phi) is 3.63. The minimum absolute atomic E-state index is 0.0414. The lowest BCUT2D eigenvalue weighted by molar-refractivity contribution is 0.112. The molecule has 0 radical (unpaired) electrons. The highest BCUT2D eigenvalue weighted by molar-refractivity contribution is 5.90. The minimum Gasteiger partial charge on any atom is -0.348 e. The average Bonchev–Trinajstić information content (AvgIpc) is 3.17. The zero-order valence-corrected chi connectivity index (χ0v) is 12.9. The summed E-state index contributed by atoms with van der Waals surface area (Å²) >= 11 is 0. The molecule has 0 aliphatic carbocycles. The van der Waals surface area contributed by atoms with Gasteiger partial charge >= 0.3 is 0 Å². The summed E-state index contributed by atoms with van der Waals surface area (Å²) in [5.41, 5.74) is 4.59. The zero-order chi connectivity index (χ0) is 16.4. The summed E-state index contributed by atoms with van der Waals surface area (Å²) in [7, 11) is 0. The Morgan fingerprint density at radius 2 is 1.92 bits per heavy atom. The van der Waals surface area contributed by atoms with E-state index in [-0.39, 0.29) is 5.92 Å². The average molecular weight is 313 g/mol. The molecule has 0 fully saturated rings. The number of pyridine rings is 1. The van der Waals surface area contributed by atoms with Crippen molar-refractivity contribution in [1.82, 2.24) is 15.0 Å². The molecule has 1 N–H and O–H groups in total. The van der Waals surface area contributed by atoms with E-state index in [4.69, 9.17) is 0 Å². The van der Waals surface area contributed by atoms with Crippen LogP contribution in [-0.4, -0.2) is 21.2 Å². The Balaban J connectivity index is 2.03. The van der Waals surface area contributed by atoms with Gasteiger partial charge in [-0.1, -0.05) is 36.4 Å². The Morgan fingerprint density at radius 1 is 1.04 bits per heavy atom. The third kappa shape index (κ3) is 2.48. The normalized spacial score (nSPS) is 12.2. The van der Waals surface area contributed by atoms with Gasteiger partial charge in [0.15, 0.2) is 0 Å². The lowest BCUT2D eigenvalue weighted by Crippen LogP contribution is -2.06. The molecule has 2 aromatic carbocycles. The van der Waals surface area contributed by atoms with E-state index in [0.29, 0.717) is 5.56 Å². The summed E-state index contributed by atoms with van der Waals surface area (Å²) < 4.78 is 0. The van der Waals surface area contributed by atoms with Gasteiger partial charge < -0.3 is 4.98 Å². The monoisotopic (exact) mass is 313 g/mol. The molecule has 2 heterocycles. The molecule has 0 saturated heterocycles. The second kappa shape index (κ2) is 6.08. The lowest BCUT2D eigenvalue weighted by atomic mass is 9.85. The molecule has 2 aromatic heterocycles. The number of benzene rings is 2. The first kappa shape index (κ1) is 14.3. The molecule has 1 unspecified atom stereocenters. The van der Waals surface area contributed by atoms with E-state index >= 15 is 0 Å². The summed E-state index contributed by atoms with van der Waals surface area (Å²) in [6.07, 6.45) is 6.11. The van der Waals surface area contributed by atoms with Gasteiger partial charge in [-0.15, -0.1) is 0 Å². The van der Waals surface area contributed by atoms with Crippen LogP contribution in [0.25, 0.3) is 10.9 Å². The topological polar surface area (TPSA) is 58.6 Å². The lowest BCUT2D eigenvalue weighted by Gasteiger charge is -2.19. The molecule has 1 atom stereocenters. The van der Waals surface area contributed by atoms with Crippen molar-refractivity contribution < 1.29 is 4.79 Å². The van der Waals surface area contributed by atoms with E-state index in [2.05, 4.69) is 27.1 Å². The van der Waals surface area contributed by atoms with Gasteiger partial charge in [0.1, 0.15) is 6.29 Å². The molecular formula is C20H15N3O. The SMILES string of the molecule is O=Cc1cc(C(c2ccccc2)c2cnc[nH]2)c2cccnc2c1. The van der Waals surface area contributed by atoms with Crippen molar-refractivity contribution in [3.8, 4) is 0 Å². The number of carbonyl (C=O) groups is 1. The molecule has 0 bridgehead atoms. The number of carbonyl (C=O) groups excluding carboxylic acids is 1. The Hall–Kier alpha value is -3.27. The molecule has 116 valence electrons. The highest BCUT2D eigenvalue weighted by Crippen LogP contribution is 2.35. The fourth-order valence-electron chi connectivity index (χ4n) is 3.14. The fourth-order valence-corrected chi connectivity index (χ4v) is 3.14. The number of nitrogens with one attached hydrogen (secondary N) is 1. The van der Waals surface area contributed by atoms with Gasteiger partial charge in [-0.05, 0) is 29.3 Å². The molecule has 0 aliphatic heterocycles. The highest BCUT2D eigenvalue weighted by Gasteiger charge is 2.21. The zero-order valence-electron chi connectivity index (χ0n) is 12.9. The molecule has 24 heavy (non-hydrogen) atoms. The van der Waals surface area contributed by atoms with E-state index in [1.54, 1.807) is 12.5 Å². The second-order valence-corrected chi connectivity index (χ2v) is 5.65. The number of aldehydes is 1. The van der Waals surface area contributed by atoms with Crippen LogP contribution < -0.4 is 0 Å². The van der Waals surface area contributed by atoms with E-state index < -0.39 is 0 Å². The molecular weight excluding hydrogens is 298 g/mol. The number of nitrogens with zero attached hydrogens (tertiary/aromatic N) is 2. The van der Waals surface area contributed by atoms with Crippen molar-refractivity contribution >= 4 is 17.2 Å². The number of fused-ring (bicyclic) bond motifs is 1. The summed E-state index contributed by atoms with van der Waals surface area (Å²) in [4.78, 5) is 23.2. The molecule has 0 amide bonds. The molecule has 4 heteroatoms. The van der Waals surface area contributed by atoms with Gasteiger partial charge in [-0.3, -0.25) is 9.78 Å². The quantitative estimate of drug-likeness (QED) is 0.580. The Morgan fingerprint density at radius 3 is 2.67 bits per heavy atom. The van der Waals surface area contributed by atoms with Crippen LogP contribution in [0.15, 0.2) is 73.3 Å². The molecule has 0 spiro atoms. The molecule has 0 saturated carbocycles. The van der Waals surface area contributed by atoms with Gasteiger partial charge in [0.2, 0.25) is 0 Å². The van der Waals surface area contributed by atoms with Crippen LogP contribution in [0.5, 0.6) is 0 Å². The Labute approximate surface area is 139 Å². The van der Waals surface area contributed by atoms with Crippen LogP contribution in [0.4, 0.5) is 0 Å². The first-order valence-corrected chi connectivity index (χ1v) is 7.74. The van der Waals surface area contributed by atoms with Crippen LogP contribution >= 0.6 is 0 Å². The first-order chi connectivity index (χ1) is 11.9. The smallest absolute Gasteiger partial charge is 0.150 e. The van der Waals surface area contributed by atoms with Crippen LogP contribution in [0.3, 0.4) is 0 Å². The number of aromatic amines is 1. The number of hydrogen-bond acceptors (Lipinski definition) is 3. The van der Waals surface area contributed by atoms with Gasteiger partial charge in [0.05, 0.1) is 17.8 Å². The first-order valence-electron chi connectivity index (χ1n) is 7.74. The summed E-state index contributed by atoms with van der Waals surface area (Å²) in [5, 5.41) is 1.03. The number of H-pyrrole nitrogens is 1. The van der Waals surface area contributed by atoms with Gasteiger partial charge in [0.25, 0.3) is 0 Å². The maximum Gasteiger partial charge on any atom is 0.150 e. The highest BCUT2D eigenvalue weighted by atomic mass is 16.1. The minimum atomic E-state index is -0.0414. The summed E-state index contributed by atoms with van der Waals surface area (Å²) in [6, 6.07) is 17.9. The third-order valence-corrected chi connectivity index (χ3v) is 4.19. The van der Waals surface area contributed by atoms with Crippen molar-refractivity contribution in [1.29, 1.82) is 0 Å². The van der Waals surface area contributed by atoms with Crippen molar-refractivity contribution in [2.75, 3.05) is 0 Å². The molecule has 0 aliphatic rings. The molecule has 4 nitrogen and oxygen atoms in total. The van der Waals surface area contributed by atoms with Crippen molar-refractivity contribution in [3.63, 3.8) is 0 Å². The van der Waals surface area contributed by atoms with E-state index in [0.717, 1.165) is 34.0 Å². The predicted molar refractivity (Wildman–Crippen MR) is 93.1 cm³/mol. The predicted octanol–water partition coefficient (Wildman–Crippen LogP) is 3.95. The van der Waals surface area contributed by atoms with Gasteiger partial charge in [0, 0.05) is 29.0 Å². The van der Waals surface area contributed by atoms with Crippen molar-refractivity contribution in [2.45, 2.75) is 5.92 Å². The van der Waals surface area contributed by atoms with Gasteiger partial charge in [-0.2, -0.15) is 0 Å². The van der Waals surface area contributed by atoms with Crippen LogP contribution in [0.1, 0.15) is 33.1 Å². The van der Waals surface area contributed by atoms with E-state index in [1.165, 1.54) is 0 Å². The number of aromatic nitrogens is 3. The number of rotatable bonds is 4. The van der Waals surface area contributed by atoms with E-state index in [9.17, 15) is 4.79 Å². The maximum absolute atomic E-state index is 11.4. The van der Waals surface area contributed by atoms with E-state index in [1.807, 2.05) is 48.7 Å². The van der Waals surface area contributed by atoms with Crippen LogP contribution in [0, 0.1) is 0 Å². The van der Waals surface area contributed by atoms with Crippen molar-refractivity contribution in [3.05, 3.63) is 95.7 Å². The number of imidazole rings is 1. The summed E-state index contributed by atoms with van der Waals surface area (Å²) in [6.45, 7) is 0. The number of hydrogen-bond donors (Lipinski definition) is 1. The van der Waals surface area contributed by atoms with Crippen LogP contribution in [-0.2, 0) is 0 Å². The standard InChI is InChI=1S/C20H15N3O/c24-12-14-9-17(16-7-4-8-22-18(16)10-14)20(19-11-21-13-23-19)15-5-2-1-3-6-15/h1-13,20H,(H,21,23). The maximum atomic E-state index is 11.4. The fraction of sp³-hybridized carbons (Fsp3) is 0.0500. The molecule has 4 aromatic rings. The molecule has 4 rings (SSSR count). The van der Waals surface area contributed by atoms with Gasteiger partial charge in [-0.25, -0.2) is 4.98 Å². The third-order valence-electron chi connectivity index (χ3n) is 4.19. The largest absolute Gasteiger partial charge is 0.348 e. The second-order valence-electron chi connectivity index (χ2n) is 5.65. The van der Waals surface area contributed by atoms with Crippen molar-refractivity contribution in [2.24, 2.45) is 0 Å². The Bertz CT molecular complexity index is 978. The van der Waals surface area contributed by atoms with Crippen LogP contribution in [0.2, 0.25) is 0 Å². The summed E-state index contributed by atoms with van der Waals surface area (Å²) in [5.74, 6) is -0.0414.